The summed E-state index contributed by atoms with van der Waals surface area (Å²) in [6, 6.07) is 0. The molecule has 3 heteroatoms. The molecule has 0 aliphatic heterocycles. The van der Waals surface area contributed by atoms with Crippen molar-refractivity contribution in [3.63, 3.8) is 0 Å². The predicted octanol–water partition coefficient (Wildman–Crippen LogP) is 1.65. The van der Waals surface area contributed by atoms with Crippen LogP contribution in [0.25, 0.3) is 0 Å². The van der Waals surface area contributed by atoms with Crippen molar-refractivity contribution in [2.45, 2.75) is 38.5 Å². The Balaban J connectivity index is 2.11. The Morgan fingerprint density at radius 3 is 2.64 bits per heavy atom. The third-order valence-electron chi connectivity index (χ3n) is 4.18. The molecule has 2 N–H and O–H groups in total. The summed E-state index contributed by atoms with van der Waals surface area (Å²) in [4.78, 5) is 11.3. The number of aliphatic hydroxyl groups excluding tert-OH is 1. The third-order valence-corrected chi connectivity index (χ3v) is 4.18. The molecule has 0 spiro atoms. The number of rotatable bonds is 4. The maximum atomic E-state index is 11.3. The fraction of sp³-hybridized carbons (Fsp3) is 0.909. The molecular weight excluding hydrogens is 180 g/mol. The smallest absolute Gasteiger partial charge is 0.309 e. The van der Waals surface area contributed by atoms with Crippen LogP contribution in [0.3, 0.4) is 0 Å². The molecule has 0 amide bonds. The average molecular weight is 198 g/mol. The van der Waals surface area contributed by atoms with E-state index in [1.54, 1.807) is 0 Å². The Morgan fingerprint density at radius 2 is 2.21 bits per heavy atom. The number of fused-ring (bicyclic) bond motifs is 2. The lowest BCUT2D eigenvalue weighted by molar-refractivity contribution is -0.153. The molecule has 2 bridgehead atoms. The Labute approximate surface area is 84.1 Å². The summed E-state index contributed by atoms with van der Waals surface area (Å²) in [6.07, 6.45) is 5.57. The second-order valence-electron chi connectivity index (χ2n) is 4.87. The Kier molecular flexibility index (Phi) is 2.52. The van der Waals surface area contributed by atoms with Gasteiger partial charge in [0.1, 0.15) is 0 Å². The molecule has 14 heavy (non-hydrogen) atoms. The summed E-state index contributed by atoms with van der Waals surface area (Å²) in [5.41, 5.74) is -0.481. The molecule has 3 unspecified atom stereocenters. The number of carboxylic acids is 1. The second-order valence-corrected chi connectivity index (χ2v) is 4.87. The minimum absolute atomic E-state index is 0.117. The van der Waals surface area contributed by atoms with E-state index in [2.05, 4.69) is 0 Å². The molecule has 2 aliphatic carbocycles. The second kappa shape index (κ2) is 3.54. The monoisotopic (exact) mass is 198 g/mol. The van der Waals surface area contributed by atoms with E-state index in [4.69, 9.17) is 5.11 Å². The number of aliphatic carboxylic acids is 1. The van der Waals surface area contributed by atoms with Crippen molar-refractivity contribution in [3.8, 4) is 0 Å². The van der Waals surface area contributed by atoms with Gasteiger partial charge in [0.25, 0.3) is 0 Å². The first-order valence-electron chi connectivity index (χ1n) is 5.53. The van der Waals surface area contributed by atoms with E-state index in [0.29, 0.717) is 24.7 Å². The maximum absolute atomic E-state index is 11.3. The van der Waals surface area contributed by atoms with Gasteiger partial charge in [-0.15, -0.1) is 0 Å². The van der Waals surface area contributed by atoms with Gasteiger partial charge in [-0.2, -0.15) is 0 Å². The van der Waals surface area contributed by atoms with Crippen molar-refractivity contribution in [1.29, 1.82) is 0 Å². The zero-order valence-electron chi connectivity index (χ0n) is 8.41. The molecule has 0 aromatic carbocycles. The van der Waals surface area contributed by atoms with Gasteiger partial charge in [-0.3, -0.25) is 4.79 Å². The molecular formula is C11H18O3. The van der Waals surface area contributed by atoms with Crippen LogP contribution in [0.2, 0.25) is 0 Å². The van der Waals surface area contributed by atoms with Crippen LogP contribution in [-0.2, 0) is 4.79 Å². The number of carboxylic acid groups (broad SMARTS) is 1. The zero-order valence-corrected chi connectivity index (χ0v) is 8.41. The van der Waals surface area contributed by atoms with Gasteiger partial charge in [0.2, 0.25) is 0 Å². The van der Waals surface area contributed by atoms with E-state index in [1.165, 1.54) is 6.42 Å². The van der Waals surface area contributed by atoms with Crippen LogP contribution in [0, 0.1) is 17.3 Å². The summed E-state index contributed by atoms with van der Waals surface area (Å²) >= 11 is 0. The largest absolute Gasteiger partial charge is 0.481 e. The summed E-state index contributed by atoms with van der Waals surface area (Å²) in [7, 11) is 0. The fourth-order valence-corrected chi connectivity index (χ4v) is 3.51. The molecule has 0 aromatic heterocycles. The van der Waals surface area contributed by atoms with Crippen LogP contribution < -0.4 is 0 Å². The summed E-state index contributed by atoms with van der Waals surface area (Å²) in [5.74, 6) is 0.407. The van der Waals surface area contributed by atoms with Gasteiger partial charge >= 0.3 is 5.97 Å². The number of hydrogen-bond donors (Lipinski definition) is 2. The first kappa shape index (κ1) is 9.97. The zero-order chi connectivity index (χ0) is 10.2. The topological polar surface area (TPSA) is 57.5 Å². The fourth-order valence-electron chi connectivity index (χ4n) is 3.51. The minimum atomic E-state index is -0.627. The van der Waals surface area contributed by atoms with E-state index in [9.17, 15) is 9.90 Å². The van der Waals surface area contributed by atoms with Crippen LogP contribution in [0.1, 0.15) is 38.5 Å². The van der Waals surface area contributed by atoms with Crippen LogP contribution >= 0.6 is 0 Å². The molecule has 0 aromatic rings. The van der Waals surface area contributed by atoms with E-state index in [-0.39, 0.29) is 6.61 Å². The molecule has 3 atom stereocenters. The van der Waals surface area contributed by atoms with E-state index in [0.717, 1.165) is 19.3 Å². The lowest BCUT2D eigenvalue weighted by atomic mass is 9.70. The Hall–Kier alpha value is -0.570. The minimum Gasteiger partial charge on any atom is -0.481 e. The van der Waals surface area contributed by atoms with Gasteiger partial charge in [-0.1, -0.05) is 6.42 Å². The highest BCUT2D eigenvalue weighted by molar-refractivity contribution is 5.75. The van der Waals surface area contributed by atoms with Gasteiger partial charge in [0, 0.05) is 6.61 Å². The Morgan fingerprint density at radius 1 is 1.43 bits per heavy atom. The van der Waals surface area contributed by atoms with Gasteiger partial charge < -0.3 is 10.2 Å². The molecule has 0 heterocycles. The molecule has 2 fully saturated rings. The summed E-state index contributed by atoms with van der Waals surface area (Å²) in [6.45, 7) is 0.117. The highest BCUT2D eigenvalue weighted by atomic mass is 16.4. The average Bonchev–Trinajstić information content (AvgIpc) is 2.74. The Bertz CT molecular complexity index is 239. The molecule has 2 rings (SSSR count). The number of aliphatic hydroxyl groups is 1. The predicted molar refractivity (Wildman–Crippen MR) is 51.8 cm³/mol. The first-order valence-corrected chi connectivity index (χ1v) is 5.53. The van der Waals surface area contributed by atoms with Crippen molar-refractivity contribution < 1.29 is 15.0 Å². The highest BCUT2D eigenvalue weighted by Crippen LogP contribution is 2.58. The van der Waals surface area contributed by atoms with Crippen LogP contribution in [0.15, 0.2) is 0 Å². The molecule has 3 nitrogen and oxygen atoms in total. The van der Waals surface area contributed by atoms with Crippen LogP contribution in [-0.4, -0.2) is 22.8 Å². The molecule has 2 aliphatic rings. The number of carbonyl (C=O) groups is 1. The molecule has 80 valence electrons. The van der Waals surface area contributed by atoms with Crippen LogP contribution in [0.4, 0.5) is 0 Å². The van der Waals surface area contributed by atoms with Crippen molar-refractivity contribution in [1.82, 2.24) is 0 Å². The maximum Gasteiger partial charge on any atom is 0.309 e. The van der Waals surface area contributed by atoms with Gasteiger partial charge in [-0.25, -0.2) is 0 Å². The first-order chi connectivity index (χ1) is 6.69. The van der Waals surface area contributed by atoms with Crippen molar-refractivity contribution in [2.75, 3.05) is 6.61 Å². The SMILES string of the molecule is O=C(O)C1(CCCO)CC2CCC1C2. The van der Waals surface area contributed by atoms with E-state index in [1.807, 2.05) is 0 Å². The quantitative estimate of drug-likeness (QED) is 0.722. The lowest BCUT2D eigenvalue weighted by Gasteiger charge is -2.33. The molecule has 0 saturated heterocycles. The van der Waals surface area contributed by atoms with E-state index >= 15 is 0 Å². The van der Waals surface area contributed by atoms with Gasteiger partial charge in [0.15, 0.2) is 0 Å². The summed E-state index contributed by atoms with van der Waals surface area (Å²) < 4.78 is 0. The lowest BCUT2D eigenvalue weighted by Crippen LogP contribution is -2.36. The van der Waals surface area contributed by atoms with Crippen LogP contribution in [0.5, 0.6) is 0 Å². The molecule has 0 radical (unpaired) electrons. The normalized spacial score (nSPS) is 40.4. The van der Waals surface area contributed by atoms with Gasteiger partial charge in [0.05, 0.1) is 5.41 Å². The number of hydrogen-bond acceptors (Lipinski definition) is 2. The van der Waals surface area contributed by atoms with Gasteiger partial charge in [-0.05, 0) is 43.9 Å². The summed E-state index contributed by atoms with van der Waals surface area (Å²) in [5, 5.41) is 18.1. The molecule has 2 saturated carbocycles. The van der Waals surface area contributed by atoms with Crippen molar-refractivity contribution in [3.05, 3.63) is 0 Å². The standard InChI is InChI=1S/C11H18O3/c12-5-1-4-11(10(13)14)7-8-2-3-9(11)6-8/h8-9,12H,1-7H2,(H,13,14). The third kappa shape index (κ3) is 1.34. The van der Waals surface area contributed by atoms with Crippen molar-refractivity contribution >= 4 is 5.97 Å². The van der Waals surface area contributed by atoms with E-state index < -0.39 is 11.4 Å². The highest BCUT2D eigenvalue weighted by Gasteiger charge is 2.55. The van der Waals surface area contributed by atoms with Crippen molar-refractivity contribution in [2.24, 2.45) is 17.3 Å².